The van der Waals surface area contributed by atoms with E-state index in [0.717, 1.165) is 0 Å². The van der Waals surface area contributed by atoms with Crippen molar-refractivity contribution in [3.05, 3.63) is 47.2 Å². The molecule has 0 atom stereocenters. The maximum atomic E-state index is 13.3. The highest BCUT2D eigenvalue weighted by atomic mass is 32.1. The summed E-state index contributed by atoms with van der Waals surface area (Å²) in [6.45, 7) is 0. The van der Waals surface area contributed by atoms with Crippen molar-refractivity contribution >= 4 is 22.4 Å². The van der Waals surface area contributed by atoms with Crippen molar-refractivity contribution in [2.45, 2.75) is 19.3 Å². The highest BCUT2D eigenvalue weighted by molar-refractivity contribution is 7.13. The summed E-state index contributed by atoms with van der Waals surface area (Å²) in [6.07, 6.45) is 3.20. The molecule has 0 saturated heterocycles. The van der Waals surface area contributed by atoms with E-state index in [2.05, 4.69) is 10.3 Å². The number of carbonyl (C=O) groups excluding carboxylic acids is 1. The van der Waals surface area contributed by atoms with Crippen LogP contribution in [-0.4, -0.2) is 10.9 Å². The lowest BCUT2D eigenvalue weighted by atomic mass is 10.1. The molecule has 94 valence electrons. The summed E-state index contributed by atoms with van der Waals surface area (Å²) in [4.78, 5) is 15.5. The van der Waals surface area contributed by atoms with Gasteiger partial charge in [0.25, 0.3) is 0 Å². The Bertz CT molecular complexity index is 513. The normalized spacial score (nSPS) is 10.3. The van der Waals surface area contributed by atoms with Gasteiger partial charge in [-0.05, 0) is 24.5 Å². The van der Waals surface area contributed by atoms with Crippen molar-refractivity contribution in [2.24, 2.45) is 0 Å². The number of nitrogens with zero attached hydrogens (tertiary/aromatic N) is 1. The van der Waals surface area contributed by atoms with Gasteiger partial charge in [0.05, 0.1) is 0 Å². The minimum absolute atomic E-state index is 0.0821. The number of rotatable bonds is 5. The van der Waals surface area contributed by atoms with Crippen molar-refractivity contribution in [3.63, 3.8) is 0 Å². The van der Waals surface area contributed by atoms with E-state index in [-0.39, 0.29) is 11.7 Å². The summed E-state index contributed by atoms with van der Waals surface area (Å²) in [5, 5.41) is 5.10. The molecule has 0 aliphatic heterocycles. The van der Waals surface area contributed by atoms with Crippen LogP contribution in [-0.2, 0) is 11.2 Å². The summed E-state index contributed by atoms with van der Waals surface area (Å²) >= 11 is 1.38. The van der Waals surface area contributed by atoms with Gasteiger partial charge in [-0.3, -0.25) is 4.79 Å². The molecule has 0 unspecified atom stereocenters. The molecule has 0 spiro atoms. The highest BCUT2D eigenvalue weighted by Gasteiger charge is 2.05. The second-order valence-electron chi connectivity index (χ2n) is 3.83. The number of halogens is 1. The monoisotopic (exact) mass is 264 g/mol. The van der Waals surface area contributed by atoms with Crippen LogP contribution in [0.4, 0.5) is 9.52 Å². The Balaban J connectivity index is 1.75. The fourth-order valence-electron chi connectivity index (χ4n) is 1.61. The Hall–Kier alpha value is -1.75. The molecule has 3 nitrogen and oxygen atoms in total. The number of thiazole rings is 1. The standard InChI is InChI=1S/C13H13FN2OS/c14-11-6-2-1-4-10(11)5-3-7-12(17)16-13-15-8-9-18-13/h1-2,4,6,8-9H,3,5,7H2,(H,15,16,17). The van der Waals surface area contributed by atoms with Gasteiger partial charge in [0.1, 0.15) is 5.82 Å². The fourth-order valence-corrected chi connectivity index (χ4v) is 2.15. The molecule has 1 aromatic heterocycles. The minimum Gasteiger partial charge on any atom is -0.302 e. The zero-order chi connectivity index (χ0) is 12.8. The molecule has 0 radical (unpaired) electrons. The summed E-state index contributed by atoms with van der Waals surface area (Å²) in [5.74, 6) is -0.292. The number of benzene rings is 1. The molecule has 1 aromatic carbocycles. The van der Waals surface area contributed by atoms with E-state index < -0.39 is 0 Å². The lowest BCUT2D eigenvalue weighted by molar-refractivity contribution is -0.116. The van der Waals surface area contributed by atoms with Gasteiger partial charge in [-0.1, -0.05) is 18.2 Å². The maximum absolute atomic E-state index is 13.3. The Labute approximate surface area is 109 Å². The third-order valence-electron chi connectivity index (χ3n) is 2.49. The first-order chi connectivity index (χ1) is 8.75. The molecule has 5 heteroatoms. The summed E-state index contributed by atoms with van der Waals surface area (Å²) in [6, 6.07) is 6.64. The topological polar surface area (TPSA) is 42.0 Å². The summed E-state index contributed by atoms with van der Waals surface area (Å²) in [7, 11) is 0. The van der Waals surface area contributed by atoms with Crippen LogP contribution >= 0.6 is 11.3 Å². The molecule has 18 heavy (non-hydrogen) atoms. The first kappa shape index (κ1) is 12.7. The van der Waals surface area contributed by atoms with Crippen LogP contribution in [0.15, 0.2) is 35.8 Å². The first-order valence-corrected chi connectivity index (χ1v) is 6.56. The molecule has 0 aliphatic rings. The molecule has 2 aromatic rings. The van der Waals surface area contributed by atoms with Crippen LogP contribution in [0.3, 0.4) is 0 Å². The summed E-state index contributed by atoms with van der Waals surface area (Å²) in [5.41, 5.74) is 0.652. The van der Waals surface area contributed by atoms with Gasteiger partial charge in [-0.2, -0.15) is 0 Å². The SMILES string of the molecule is O=C(CCCc1ccccc1F)Nc1nccs1. The van der Waals surface area contributed by atoms with Gasteiger partial charge < -0.3 is 5.32 Å². The smallest absolute Gasteiger partial charge is 0.226 e. The molecule has 1 amide bonds. The van der Waals surface area contributed by atoms with Gasteiger partial charge in [0.2, 0.25) is 5.91 Å². The molecular weight excluding hydrogens is 251 g/mol. The van der Waals surface area contributed by atoms with E-state index in [0.29, 0.717) is 30.0 Å². The number of anilines is 1. The Kier molecular flexibility index (Phi) is 4.41. The largest absolute Gasteiger partial charge is 0.302 e. The lowest BCUT2D eigenvalue weighted by Gasteiger charge is -2.03. The second-order valence-corrected chi connectivity index (χ2v) is 4.72. The molecular formula is C13H13FN2OS. The van der Waals surface area contributed by atoms with E-state index in [1.165, 1.54) is 17.4 Å². The van der Waals surface area contributed by atoms with Crippen molar-refractivity contribution < 1.29 is 9.18 Å². The molecule has 0 fully saturated rings. The van der Waals surface area contributed by atoms with Gasteiger partial charge in [-0.15, -0.1) is 11.3 Å². The third kappa shape index (κ3) is 3.63. The van der Waals surface area contributed by atoms with Crippen molar-refractivity contribution in [2.75, 3.05) is 5.32 Å². The Morgan fingerprint density at radius 3 is 2.94 bits per heavy atom. The Morgan fingerprint density at radius 1 is 1.39 bits per heavy atom. The highest BCUT2D eigenvalue weighted by Crippen LogP contribution is 2.13. The van der Waals surface area contributed by atoms with Crippen LogP contribution in [0.25, 0.3) is 0 Å². The zero-order valence-electron chi connectivity index (χ0n) is 9.73. The van der Waals surface area contributed by atoms with Crippen LogP contribution in [0.2, 0.25) is 0 Å². The predicted molar refractivity (Wildman–Crippen MR) is 70.1 cm³/mol. The number of amides is 1. The van der Waals surface area contributed by atoms with Crippen molar-refractivity contribution in [3.8, 4) is 0 Å². The minimum atomic E-state index is -0.210. The van der Waals surface area contributed by atoms with Gasteiger partial charge in [0, 0.05) is 18.0 Å². The maximum Gasteiger partial charge on any atom is 0.226 e. The zero-order valence-corrected chi connectivity index (χ0v) is 10.5. The van der Waals surface area contributed by atoms with Gasteiger partial charge in [-0.25, -0.2) is 9.37 Å². The molecule has 2 rings (SSSR count). The molecule has 0 saturated carbocycles. The number of hydrogen-bond acceptors (Lipinski definition) is 3. The number of nitrogens with one attached hydrogen (secondary N) is 1. The quantitative estimate of drug-likeness (QED) is 0.900. The molecule has 0 aliphatic carbocycles. The molecule has 0 bridgehead atoms. The fraction of sp³-hybridized carbons (Fsp3) is 0.231. The van der Waals surface area contributed by atoms with Crippen LogP contribution in [0, 0.1) is 5.82 Å². The predicted octanol–water partition coefficient (Wildman–Crippen LogP) is 3.24. The average molecular weight is 264 g/mol. The number of aryl methyl sites for hydroxylation is 1. The van der Waals surface area contributed by atoms with Crippen molar-refractivity contribution in [1.82, 2.24) is 4.98 Å². The number of hydrogen-bond donors (Lipinski definition) is 1. The van der Waals surface area contributed by atoms with Crippen LogP contribution < -0.4 is 5.32 Å². The van der Waals surface area contributed by atoms with E-state index in [1.807, 2.05) is 0 Å². The number of aromatic nitrogens is 1. The third-order valence-corrected chi connectivity index (χ3v) is 3.17. The van der Waals surface area contributed by atoms with E-state index in [4.69, 9.17) is 0 Å². The number of carbonyl (C=O) groups is 1. The van der Waals surface area contributed by atoms with Crippen LogP contribution in [0.5, 0.6) is 0 Å². The van der Waals surface area contributed by atoms with Crippen LogP contribution in [0.1, 0.15) is 18.4 Å². The van der Waals surface area contributed by atoms with E-state index >= 15 is 0 Å². The van der Waals surface area contributed by atoms with Gasteiger partial charge in [0.15, 0.2) is 5.13 Å². The molecule has 1 heterocycles. The van der Waals surface area contributed by atoms with Crippen molar-refractivity contribution in [1.29, 1.82) is 0 Å². The second kappa shape index (κ2) is 6.26. The average Bonchev–Trinajstić information content (AvgIpc) is 2.84. The van der Waals surface area contributed by atoms with Gasteiger partial charge >= 0.3 is 0 Å². The summed E-state index contributed by atoms with van der Waals surface area (Å²) < 4.78 is 13.3. The Morgan fingerprint density at radius 2 is 2.22 bits per heavy atom. The molecule has 1 N–H and O–H groups in total. The van der Waals surface area contributed by atoms with E-state index in [1.54, 1.807) is 29.8 Å². The van der Waals surface area contributed by atoms with E-state index in [9.17, 15) is 9.18 Å². The lowest BCUT2D eigenvalue weighted by Crippen LogP contribution is -2.11. The first-order valence-electron chi connectivity index (χ1n) is 5.68.